The van der Waals surface area contributed by atoms with E-state index >= 15 is 0 Å². The van der Waals surface area contributed by atoms with E-state index in [-0.39, 0.29) is 55.5 Å². The van der Waals surface area contributed by atoms with E-state index in [2.05, 4.69) is 35.9 Å². The minimum atomic E-state index is -1.03. The van der Waals surface area contributed by atoms with Crippen molar-refractivity contribution in [3.05, 3.63) is 41.7 Å². The average molecular weight is 697 g/mol. The molecule has 0 radical (unpaired) electrons. The molecule has 0 spiro atoms. The number of nitrogen functional groups attached to an aromatic ring is 2. The summed E-state index contributed by atoms with van der Waals surface area (Å²) in [5, 5.41) is 8.20. The number of hydrogen-bond donors (Lipinski definition) is 5. The first-order valence-electron chi connectivity index (χ1n) is 16.4. The fraction of sp³-hybridized carbons (Fsp3) is 0.515. The van der Waals surface area contributed by atoms with Crippen molar-refractivity contribution >= 4 is 52.3 Å². The van der Waals surface area contributed by atoms with Gasteiger partial charge in [0.15, 0.2) is 17.0 Å². The molecule has 0 aliphatic rings. The Balaban J connectivity index is 1.44. The number of fused-ring (bicyclic) bond motifs is 1. The molecule has 17 heteroatoms. The van der Waals surface area contributed by atoms with Crippen molar-refractivity contribution in [1.82, 2.24) is 35.9 Å². The quantitative estimate of drug-likeness (QED) is 0.0818. The smallest absolute Gasteiger partial charge is 0.328 e. The van der Waals surface area contributed by atoms with Gasteiger partial charge in [0, 0.05) is 43.7 Å². The molecule has 3 amide bonds. The van der Waals surface area contributed by atoms with Gasteiger partial charge in [-0.25, -0.2) is 14.8 Å². The van der Waals surface area contributed by atoms with Crippen LogP contribution in [-0.2, 0) is 35.1 Å². The predicted octanol–water partition coefficient (Wildman–Crippen LogP) is 0.972. The molecular weight excluding hydrogens is 648 g/mol. The van der Waals surface area contributed by atoms with Gasteiger partial charge in [-0.05, 0) is 44.5 Å². The zero-order chi connectivity index (χ0) is 36.6. The van der Waals surface area contributed by atoms with Gasteiger partial charge in [0.25, 0.3) is 5.91 Å². The molecule has 7 N–H and O–H groups in total. The number of nitrogens with two attached hydrogens (primary N) is 2. The second kappa shape index (κ2) is 19.7. The molecular formula is C33H48N10O7. The van der Waals surface area contributed by atoms with E-state index in [1.54, 1.807) is 44.3 Å². The molecule has 0 bridgehead atoms. The third kappa shape index (κ3) is 13.0. The highest BCUT2D eigenvalue weighted by Gasteiger charge is 2.25. The second-order valence-electron chi connectivity index (χ2n) is 12.0. The van der Waals surface area contributed by atoms with Crippen LogP contribution >= 0.6 is 0 Å². The van der Waals surface area contributed by atoms with Gasteiger partial charge in [-0.1, -0.05) is 13.8 Å². The van der Waals surface area contributed by atoms with Crippen LogP contribution in [0, 0.1) is 5.92 Å². The Morgan fingerprint density at radius 3 is 2.18 bits per heavy atom. The molecule has 272 valence electrons. The van der Waals surface area contributed by atoms with Gasteiger partial charge in [0.2, 0.25) is 17.8 Å². The maximum atomic E-state index is 13.1. The van der Waals surface area contributed by atoms with Crippen LogP contribution in [0.3, 0.4) is 0 Å². The lowest BCUT2D eigenvalue weighted by Crippen LogP contribution is -2.43. The number of nitrogens with zero attached hydrogens (tertiary/aromatic N) is 5. The van der Waals surface area contributed by atoms with E-state index in [0.717, 1.165) is 5.69 Å². The number of hydrogen-bond acceptors (Lipinski definition) is 14. The van der Waals surface area contributed by atoms with Gasteiger partial charge >= 0.3 is 5.97 Å². The first-order valence-corrected chi connectivity index (χ1v) is 16.4. The summed E-state index contributed by atoms with van der Waals surface area (Å²) >= 11 is 0. The number of carbonyl (C=O) groups is 4. The Morgan fingerprint density at radius 2 is 1.54 bits per heavy atom. The number of aromatic nitrogens is 4. The molecule has 17 nitrogen and oxygen atoms in total. The number of rotatable bonds is 20. The third-order valence-corrected chi connectivity index (χ3v) is 7.08. The summed E-state index contributed by atoms with van der Waals surface area (Å²) in [5.41, 5.74) is 14.0. The fourth-order valence-electron chi connectivity index (χ4n) is 4.46. The number of esters is 1. The molecule has 1 unspecified atom stereocenters. The summed E-state index contributed by atoms with van der Waals surface area (Å²) < 4.78 is 16.2. The van der Waals surface area contributed by atoms with Gasteiger partial charge in [0.1, 0.15) is 6.04 Å². The molecule has 1 aromatic carbocycles. The highest BCUT2D eigenvalue weighted by atomic mass is 16.5. The summed E-state index contributed by atoms with van der Waals surface area (Å²) in [5.74, 6) is -1.36. The van der Waals surface area contributed by atoms with Crippen LogP contribution in [0.5, 0.6) is 0 Å². The van der Waals surface area contributed by atoms with Crippen LogP contribution in [0.4, 0.5) is 17.5 Å². The van der Waals surface area contributed by atoms with Crippen LogP contribution in [0.25, 0.3) is 11.2 Å². The molecule has 0 saturated carbocycles. The Morgan fingerprint density at radius 1 is 0.880 bits per heavy atom. The monoisotopic (exact) mass is 696 g/mol. The minimum absolute atomic E-state index is 0.0179. The molecule has 3 rings (SSSR count). The molecule has 2 heterocycles. The number of benzene rings is 1. The normalized spacial score (nSPS) is 11.7. The summed E-state index contributed by atoms with van der Waals surface area (Å²) in [7, 11) is 1.85. The van der Waals surface area contributed by atoms with E-state index < -0.39 is 24.0 Å². The molecule has 0 saturated heterocycles. The summed E-state index contributed by atoms with van der Waals surface area (Å²) in [4.78, 5) is 68.6. The van der Waals surface area contributed by atoms with Gasteiger partial charge in [0.05, 0.1) is 51.0 Å². The van der Waals surface area contributed by atoms with E-state index in [4.69, 9.17) is 25.7 Å². The largest absolute Gasteiger partial charge is 0.461 e. The van der Waals surface area contributed by atoms with Crippen LogP contribution in [0.15, 0.2) is 30.5 Å². The first kappa shape index (κ1) is 39.3. The zero-order valence-electron chi connectivity index (χ0n) is 29.2. The number of anilines is 3. The molecule has 50 heavy (non-hydrogen) atoms. The predicted molar refractivity (Wildman–Crippen MR) is 187 cm³/mol. The van der Waals surface area contributed by atoms with Crippen LogP contribution in [-0.4, -0.2) is 102 Å². The lowest BCUT2D eigenvalue weighted by atomic mass is 10.1. The lowest BCUT2D eigenvalue weighted by molar-refractivity contribution is -0.150. The Hall–Kier alpha value is -5.16. The number of carbonyl (C=O) groups excluding carboxylic acids is 4. The van der Waals surface area contributed by atoms with Crippen molar-refractivity contribution in [3.8, 4) is 0 Å². The standard InChI is InChI=1S/C33H48N10O7/c1-20(2)30(45)37-13-15-49-17-16-48-14-12-36-26(44)11-10-25(32(47)50-21(3)4)40-31(46)22-6-8-24(9-7-22)43(5)19-23-18-38-29-27(39-23)28(34)41-33(35)42-29/h6-9,18,20-21,25H,10-17,19H2,1-5H3,(H,36,44)(H,37,45)(H,40,46)(H4,34,35,38,41,42). The zero-order valence-corrected chi connectivity index (χ0v) is 29.2. The highest BCUT2D eigenvalue weighted by Crippen LogP contribution is 2.19. The number of nitrogens with one attached hydrogen (secondary N) is 3. The van der Waals surface area contributed by atoms with Gasteiger partial charge in [-0.15, -0.1) is 0 Å². The maximum Gasteiger partial charge on any atom is 0.328 e. The van der Waals surface area contributed by atoms with Crippen molar-refractivity contribution in [3.63, 3.8) is 0 Å². The third-order valence-electron chi connectivity index (χ3n) is 7.08. The van der Waals surface area contributed by atoms with E-state index in [1.165, 1.54) is 0 Å². The van der Waals surface area contributed by atoms with Crippen LogP contribution in [0.2, 0.25) is 0 Å². The summed E-state index contributed by atoms with van der Waals surface area (Å²) in [6.45, 7) is 9.47. The molecule has 2 aromatic heterocycles. The number of amides is 3. The Labute approximate surface area is 291 Å². The SMILES string of the molecule is CC(C)OC(=O)C(CCC(=O)NCCOCCOCCNC(=O)C(C)C)NC(=O)c1ccc(N(C)Cc2cnc3nc(N)nc(N)c3n2)cc1. The molecule has 0 fully saturated rings. The lowest BCUT2D eigenvalue weighted by Gasteiger charge is -2.20. The molecule has 0 aliphatic carbocycles. The highest BCUT2D eigenvalue weighted by molar-refractivity contribution is 5.97. The molecule has 1 atom stereocenters. The first-order chi connectivity index (χ1) is 23.8. The fourth-order valence-corrected chi connectivity index (χ4v) is 4.46. The molecule has 3 aromatic rings. The van der Waals surface area contributed by atoms with Crippen LogP contribution < -0.4 is 32.3 Å². The maximum absolute atomic E-state index is 13.1. The van der Waals surface area contributed by atoms with E-state index in [0.29, 0.717) is 55.3 Å². The van der Waals surface area contributed by atoms with Crippen molar-refractivity contribution in [2.45, 2.75) is 59.2 Å². The Bertz CT molecular complexity index is 1590. The minimum Gasteiger partial charge on any atom is -0.461 e. The summed E-state index contributed by atoms with van der Waals surface area (Å²) in [6, 6.07) is 5.76. The van der Waals surface area contributed by atoms with Crippen LogP contribution in [0.1, 0.15) is 56.6 Å². The van der Waals surface area contributed by atoms with Crippen molar-refractivity contribution < 1.29 is 33.4 Å². The second-order valence-corrected chi connectivity index (χ2v) is 12.0. The van der Waals surface area contributed by atoms with Gasteiger partial charge < -0.3 is 46.5 Å². The summed E-state index contributed by atoms with van der Waals surface area (Å²) in [6.07, 6.45) is 1.20. The van der Waals surface area contributed by atoms with E-state index in [1.807, 2.05) is 25.8 Å². The van der Waals surface area contributed by atoms with Crippen molar-refractivity contribution in [2.24, 2.45) is 5.92 Å². The molecule has 0 aliphatic heterocycles. The topological polar surface area (TPSA) is 239 Å². The Kier molecular flexibility index (Phi) is 15.5. The van der Waals surface area contributed by atoms with Gasteiger partial charge in [-0.3, -0.25) is 14.4 Å². The average Bonchev–Trinajstić information content (AvgIpc) is 3.07. The number of ether oxygens (including phenoxy) is 3. The van der Waals surface area contributed by atoms with Crippen molar-refractivity contribution in [1.29, 1.82) is 0 Å². The van der Waals surface area contributed by atoms with Gasteiger partial charge in [-0.2, -0.15) is 9.97 Å². The van der Waals surface area contributed by atoms with E-state index in [9.17, 15) is 19.2 Å². The van der Waals surface area contributed by atoms with Crippen molar-refractivity contribution in [2.75, 3.05) is 62.9 Å².